The van der Waals surface area contributed by atoms with Crippen LogP contribution in [0.3, 0.4) is 0 Å². The van der Waals surface area contributed by atoms with Gasteiger partial charge in [-0.25, -0.2) is 8.42 Å². The van der Waals surface area contributed by atoms with Crippen molar-refractivity contribution in [2.45, 2.75) is 18.1 Å². The van der Waals surface area contributed by atoms with Crippen LogP contribution in [0.1, 0.15) is 17.4 Å². The first-order valence-electron chi connectivity index (χ1n) is 6.97. The van der Waals surface area contributed by atoms with Crippen molar-refractivity contribution in [3.8, 4) is 0 Å². The van der Waals surface area contributed by atoms with Crippen LogP contribution in [0.2, 0.25) is 0 Å². The van der Waals surface area contributed by atoms with Crippen molar-refractivity contribution < 1.29 is 17.9 Å². The number of nitrogens with one attached hydrogen (secondary N) is 1. The maximum absolute atomic E-state index is 12.3. The molecule has 116 valence electrons. The number of hydrogen-bond donors (Lipinski definition) is 1. The minimum atomic E-state index is -3.58. The summed E-state index contributed by atoms with van der Waals surface area (Å²) in [5.41, 5.74) is 2.27. The van der Waals surface area contributed by atoms with E-state index in [-0.39, 0.29) is 11.2 Å². The maximum atomic E-state index is 12.3. The van der Waals surface area contributed by atoms with E-state index in [9.17, 15) is 8.42 Å². The summed E-state index contributed by atoms with van der Waals surface area (Å²) in [6, 6.07) is 13.8. The molecular formula is C16H17NO4S. The molecule has 0 amide bonds. The number of sulfonamides is 1. The molecule has 1 heterocycles. The van der Waals surface area contributed by atoms with Gasteiger partial charge >= 0.3 is 0 Å². The molecule has 1 N–H and O–H groups in total. The van der Waals surface area contributed by atoms with Crippen LogP contribution in [-0.2, 0) is 19.5 Å². The van der Waals surface area contributed by atoms with Gasteiger partial charge in [0.1, 0.15) is 0 Å². The third-order valence-electron chi connectivity index (χ3n) is 3.36. The molecule has 1 saturated heterocycles. The summed E-state index contributed by atoms with van der Waals surface area (Å²) in [5.74, 6) is 0. The first-order chi connectivity index (χ1) is 10.5. The summed E-state index contributed by atoms with van der Waals surface area (Å²) < 4.78 is 38.0. The average molecular weight is 319 g/mol. The molecule has 1 aliphatic heterocycles. The predicted octanol–water partition coefficient (Wildman–Crippen LogP) is 2.84. The van der Waals surface area contributed by atoms with E-state index in [1.807, 2.05) is 13.0 Å². The first-order valence-corrected chi connectivity index (χ1v) is 8.45. The second-order valence-corrected chi connectivity index (χ2v) is 6.80. The molecule has 0 aromatic heterocycles. The molecular weight excluding hydrogens is 302 g/mol. The maximum Gasteiger partial charge on any atom is 0.261 e. The fourth-order valence-corrected chi connectivity index (χ4v) is 3.42. The van der Waals surface area contributed by atoms with Gasteiger partial charge in [-0.2, -0.15) is 0 Å². The average Bonchev–Trinajstić information content (AvgIpc) is 3.02. The Balaban J connectivity index is 1.77. The second kappa shape index (κ2) is 6.08. The van der Waals surface area contributed by atoms with E-state index in [1.165, 1.54) is 0 Å². The lowest BCUT2D eigenvalue weighted by Crippen LogP contribution is -2.13. The fraction of sp³-hybridized carbons (Fsp3) is 0.250. The summed E-state index contributed by atoms with van der Waals surface area (Å²) in [4.78, 5) is 0.249. The Bertz CT molecular complexity index is 750. The number of anilines is 1. The number of rotatable bonds is 4. The van der Waals surface area contributed by atoms with Crippen molar-refractivity contribution in [2.24, 2.45) is 0 Å². The molecule has 0 unspecified atom stereocenters. The molecule has 0 saturated carbocycles. The van der Waals surface area contributed by atoms with E-state index in [1.54, 1.807) is 42.5 Å². The van der Waals surface area contributed by atoms with Crippen molar-refractivity contribution in [3.05, 3.63) is 59.7 Å². The number of aryl methyl sites for hydroxylation is 1. The Morgan fingerprint density at radius 3 is 2.36 bits per heavy atom. The minimum absolute atomic E-state index is 0.249. The zero-order valence-electron chi connectivity index (χ0n) is 12.2. The molecule has 22 heavy (non-hydrogen) atoms. The molecule has 6 heteroatoms. The number of ether oxygens (including phenoxy) is 2. The molecule has 1 aliphatic rings. The van der Waals surface area contributed by atoms with Gasteiger partial charge in [-0.05, 0) is 36.8 Å². The topological polar surface area (TPSA) is 64.6 Å². The summed E-state index contributed by atoms with van der Waals surface area (Å²) in [6.07, 6.45) is -0.359. The highest BCUT2D eigenvalue weighted by molar-refractivity contribution is 7.92. The van der Waals surface area contributed by atoms with Gasteiger partial charge in [0.15, 0.2) is 6.29 Å². The van der Waals surface area contributed by atoms with Crippen molar-refractivity contribution in [3.63, 3.8) is 0 Å². The normalized spacial score (nSPS) is 15.9. The van der Waals surface area contributed by atoms with E-state index >= 15 is 0 Å². The second-order valence-electron chi connectivity index (χ2n) is 5.12. The van der Waals surface area contributed by atoms with Crippen molar-refractivity contribution in [1.29, 1.82) is 0 Å². The van der Waals surface area contributed by atoms with Gasteiger partial charge in [-0.15, -0.1) is 0 Å². The van der Waals surface area contributed by atoms with Crippen molar-refractivity contribution >= 4 is 15.7 Å². The molecule has 0 aliphatic carbocycles. The van der Waals surface area contributed by atoms with Crippen LogP contribution in [0.4, 0.5) is 5.69 Å². The van der Waals surface area contributed by atoms with Gasteiger partial charge in [-0.1, -0.05) is 24.3 Å². The van der Waals surface area contributed by atoms with Gasteiger partial charge in [0.2, 0.25) is 0 Å². The Labute approximate surface area is 129 Å². The van der Waals surface area contributed by atoms with Crippen LogP contribution in [0, 0.1) is 6.92 Å². The number of benzene rings is 2. The lowest BCUT2D eigenvalue weighted by atomic mass is 10.2. The van der Waals surface area contributed by atoms with Gasteiger partial charge < -0.3 is 9.47 Å². The SMILES string of the molecule is Cc1cccc(S(=O)(=O)Nc2ccc(C3OCCO3)cc2)c1. The van der Waals surface area contributed by atoms with Crippen molar-refractivity contribution in [2.75, 3.05) is 17.9 Å². The highest BCUT2D eigenvalue weighted by atomic mass is 32.2. The summed E-state index contributed by atoms with van der Waals surface area (Å²) in [5, 5.41) is 0. The molecule has 0 atom stereocenters. The fourth-order valence-electron chi connectivity index (χ4n) is 2.26. The van der Waals surface area contributed by atoms with Gasteiger partial charge in [-0.3, -0.25) is 4.72 Å². The molecule has 0 spiro atoms. The Morgan fingerprint density at radius 1 is 1.05 bits per heavy atom. The highest BCUT2D eigenvalue weighted by Crippen LogP contribution is 2.25. The largest absolute Gasteiger partial charge is 0.346 e. The lowest BCUT2D eigenvalue weighted by molar-refractivity contribution is -0.0441. The molecule has 2 aromatic carbocycles. The highest BCUT2D eigenvalue weighted by Gasteiger charge is 2.19. The molecule has 0 bridgehead atoms. The summed E-state index contributed by atoms with van der Waals surface area (Å²) >= 11 is 0. The van der Waals surface area contributed by atoms with Crippen molar-refractivity contribution in [1.82, 2.24) is 0 Å². The van der Waals surface area contributed by atoms with E-state index in [4.69, 9.17) is 9.47 Å². The zero-order valence-corrected chi connectivity index (χ0v) is 13.0. The van der Waals surface area contributed by atoms with E-state index in [2.05, 4.69) is 4.72 Å². The van der Waals surface area contributed by atoms with Crippen LogP contribution in [0.15, 0.2) is 53.4 Å². The van der Waals surface area contributed by atoms with E-state index < -0.39 is 10.0 Å². The van der Waals surface area contributed by atoms with Crippen LogP contribution in [0.5, 0.6) is 0 Å². The third kappa shape index (κ3) is 3.30. The molecule has 1 fully saturated rings. The minimum Gasteiger partial charge on any atom is -0.346 e. The standard InChI is InChI=1S/C16H17NO4S/c1-12-3-2-4-15(11-12)22(18,19)17-14-7-5-13(6-8-14)16-20-9-10-21-16/h2-8,11,16-17H,9-10H2,1H3. The Kier molecular flexibility index (Phi) is 4.15. The third-order valence-corrected chi connectivity index (χ3v) is 4.74. The van der Waals surface area contributed by atoms with Crippen LogP contribution >= 0.6 is 0 Å². The van der Waals surface area contributed by atoms with Crippen LogP contribution in [0.25, 0.3) is 0 Å². The quantitative estimate of drug-likeness (QED) is 0.941. The zero-order chi connectivity index (χ0) is 15.6. The molecule has 0 radical (unpaired) electrons. The van der Waals surface area contributed by atoms with Crippen LogP contribution < -0.4 is 4.72 Å². The van der Waals surface area contributed by atoms with E-state index in [0.717, 1.165) is 11.1 Å². The summed E-state index contributed by atoms with van der Waals surface area (Å²) in [6.45, 7) is 3.01. The monoisotopic (exact) mass is 319 g/mol. The van der Waals surface area contributed by atoms with E-state index in [0.29, 0.717) is 18.9 Å². The molecule has 5 nitrogen and oxygen atoms in total. The smallest absolute Gasteiger partial charge is 0.261 e. The predicted molar refractivity (Wildman–Crippen MR) is 83.1 cm³/mol. The van der Waals surface area contributed by atoms with Gasteiger partial charge in [0.05, 0.1) is 18.1 Å². The van der Waals surface area contributed by atoms with Gasteiger partial charge in [0, 0.05) is 11.3 Å². The lowest BCUT2D eigenvalue weighted by Gasteiger charge is -2.12. The molecule has 2 aromatic rings. The first kappa shape index (κ1) is 15.0. The summed E-state index contributed by atoms with van der Waals surface area (Å²) in [7, 11) is -3.58. The van der Waals surface area contributed by atoms with Gasteiger partial charge in [0.25, 0.3) is 10.0 Å². The molecule has 3 rings (SSSR count). The Hall–Kier alpha value is -1.89. The Morgan fingerprint density at radius 2 is 1.73 bits per heavy atom. The number of hydrogen-bond acceptors (Lipinski definition) is 4. The van der Waals surface area contributed by atoms with Crippen LogP contribution in [-0.4, -0.2) is 21.6 Å².